The molecule has 1 rings (SSSR count). The highest BCUT2D eigenvalue weighted by atomic mass is 15.3. The van der Waals surface area contributed by atoms with Gasteiger partial charge in [-0.2, -0.15) is 5.10 Å². The summed E-state index contributed by atoms with van der Waals surface area (Å²) in [6.07, 6.45) is 6.42. The van der Waals surface area contributed by atoms with E-state index in [1.54, 1.807) is 0 Å². The molecule has 0 saturated heterocycles. The maximum absolute atomic E-state index is 4.33. The Labute approximate surface area is 92.9 Å². The van der Waals surface area contributed by atoms with E-state index < -0.39 is 0 Å². The Kier molecular flexibility index (Phi) is 4.82. The van der Waals surface area contributed by atoms with Crippen molar-refractivity contribution in [3.8, 4) is 0 Å². The molecule has 1 aromatic rings. The third-order valence-electron chi connectivity index (χ3n) is 2.53. The molecule has 0 radical (unpaired) electrons. The quantitative estimate of drug-likeness (QED) is 0.730. The van der Waals surface area contributed by atoms with Crippen LogP contribution in [0.1, 0.15) is 45.2 Å². The topological polar surface area (TPSA) is 29.9 Å². The molecule has 0 saturated carbocycles. The van der Waals surface area contributed by atoms with Gasteiger partial charge < -0.3 is 5.32 Å². The Bertz CT molecular complexity index is 278. The Morgan fingerprint density at radius 1 is 1.40 bits per heavy atom. The highest BCUT2D eigenvalue weighted by Gasteiger charge is 2.04. The highest BCUT2D eigenvalue weighted by Crippen LogP contribution is 2.11. The van der Waals surface area contributed by atoms with Crippen molar-refractivity contribution in [3.63, 3.8) is 0 Å². The van der Waals surface area contributed by atoms with Gasteiger partial charge in [-0.05, 0) is 38.8 Å². The van der Waals surface area contributed by atoms with Crippen LogP contribution in [0, 0.1) is 6.92 Å². The molecule has 1 unspecified atom stereocenters. The van der Waals surface area contributed by atoms with Gasteiger partial charge in [-0.3, -0.25) is 4.68 Å². The van der Waals surface area contributed by atoms with Crippen LogP contribution >= 0.6 is 0 Å². The van der Waals surface area contributed by atoms with Crippen molar-refractivity contribution < 1.29 is 0 Å². The second-order valence-electron chi connectivity index (χ2n) is 4.60. The van der Waals surface area contributed by atoms with Crippen molar-refractivity contribution in [2.24, 2.45) is 0 Å². The monoisotopic (exact) mass is 209 g/mol. The van der Waals surface area contributed by atoms with Crippen LogP contribution in [0.25, 0.3) is 0 Å². The third-order valence-corrected chi connectivity index (χ3v) is 2.53. The second kappa shape index (κ2) is 5.91. The lowest BCUT2D eigenvalue weighted by molar-refractivity contribution is 0.432. The molecule has 1 aromatic heterocycles. The molecule has 1 N–H and O–H groups in total. The summed E-state index contributed by atoms with van der Waals surface area (Å²) in [7, 11) is 0. The summed E-state index contributed by atoms with van der Waals surface area (Å²) < 4.78 is 2.06. The molecule has 0 aromatic carbocycles. The first kappa shape index (κ1) is 12.2. The van der Waals surface area contributed by atoms with Gasteiger partial charge in [0.15, 0.2) is 0 Å². The van der Waals surface area contributed by atoms with Crippen molar-refractivity contribution in [2.45, 2.75) is 52.6 Å². The fourth-order valence-corrected chi connectivity index (χ4v) is 1.59. The first-order valence-electron chi connectivity index (χ1n) is 5.83. The zero-order valence-corrected chi connectivity index (χ0v) is 10.3. The SMILES string of the molecule is Cc1cnn(C(C)CCCNC(C)C)c1. The molecule has 3 nitrogen and oxygen atoms in total. The summed E-state index contributed by atoms with van der Waals surface area (Å²) in [5.41, 5.74) is 1.24. The minimum absolute atomic E-state index is 0.507. The molecule has 0 fully saturated rings. The predicted molar refractivity (Wildman–Crippen MR) is 64.0 cm³/mol. The molecule has 0 bridgehead atoms. The van der Waals surface area contributed by atoms with Gasteiger partial charge in [0.05, 0.1) is 6.20 Å². The van der Waals surface area contributed by atoms with Gasteiger partial charge in [-0.15, -0.1) is 0 Å². The van der Waals surface area contributed by atoms with Crippen molar-refractivity contribution >= 4 is 0 Å². The van der Waals surface area contributed by atoms with Crippen LogP contribution in [0.2, 0.25) is 0 Å². The van der Waals surface area contributed by atoms with E-state index >= 15 is 0 Å². The summed E-state index contributed by atoms with van der Waals surface area (Å²) >= 11 is 0. The van der Waals surface area contributed by atoms with Crippen LogP contribution < -0.4 is 5.32 Å². The number of aromatic nitrogens is 2. The third kappa shape index (κ3) is 4.47. The van der Waals surface area contributed by atoms with Crippen LogP contribution in [-0.4, -0.2) is 22.4 Å². The Hall–Kier alpha value is -0.830. The number of nitrogens with one attached hydrogen (secondary N) is 1. The van der Waals surface area contributed by atoms with Gasteiger partial charge in [0.2, 0.25) is 0 Å². The molecule has 0 spiro atoms. The smallest absolute Gasteiger partial charge is 0.0519 e. The van der Waals surface area contributed by atoms with Crippen LogP contribution in [0.5, 0.6) is 0 Å². The maximum atomic E-state index is 4.33. The Morgan fingerprint density at radius 2 is 2.13 bits per heavy atom. The normalized spacial score (nSPS) is 13.4. The van der Waals surface area contributed by atoms with Crippen molar-refractivity contribution in [3.05, 3.63) is 18.0 Å². The molecular weight excluding hydrogens is 186 g/mol. The molecule has 0 amide bonds. The largest absolute Gasteiger partial charge is 0.315 e. The first-order valence-corrected chi connectivity index (χ1v) is 5.83. The molecule has 86 valence electrons. The molecule has 15 heavy (non-hydrogen) atoms. The number of hydrogen-bond donors (Lipinski definition) is 1. The van der Waals surface area contributed by atoms with E-state index in [4.69, 9.17) is 0 Å². The Balaban J connectivity index is 2.21. The average molecular weight is 209 g/mol. The van der Waals surface area contributed by atoms with Crippen LogP contribution in [0.15, 0.2) is 12.4 Å². The van der Waals surface area contributed by atoms with Gasteiger partial charge >= 0.3 is 0 Å². The van der Waals surface area contributed by atoms with Crippen LogP contribution in [-0.2, 0) is 0 Å². The molecule has 0 aliphatic rings. The number of aryl methyl sites for hydroxylation is 1. The van der Waals surface area contributed by atoms with E-state index in [2.05, 4.69) is 49.0 Å². The van der Waals surface area contributed by atoms with Crippen molar-refractivity contribution in [1.82, 2.24) is 15.1 Å². The van der Waals surface area contributed by atoms with Gasteiger partial charge in [0.25, 0.3) is 0 Å². The summed E-state index contributed by atoms with van der Waals surface area (Å²) in [4.78, 5) is 0. The number of rotatable bonds is 6. The lowest BCUT2D eigenvalue weighted by Crippen LogP contribution is -2.24. The summed E-state index contributed by atoms with van der Waals surface area (Å²) in [5, 5.41) is 7.75. The van der Waals surface area contributed by atoms with Gasteiger partial charge in [-0.1, -0.05) is 13.8 Å². The second-order valence-corrected chi connectivity index (χ2v) is 4.60. The van der Waals surface area contributed by atoms with E-state index in [9.17, 15) is 0 Å². The minimum atomic E-state index is 0.507. The van der Waals surface area contributed by atoms with Gasteiger partial charge in [-0.25, -0.2) is 0 Å². The predicted octanol–water partition coefficient (Wildman–Crippen LogP) is 2.53. The molecule has 1 atom stereocenters. The molecular formula is C12H23N3. The number of nitrogens with zero attached hydrogens (tertiary/aromatic N) is 2. The first-order chi connectivity index (χ1) is 7.09. The van der Waals surface area contributed by atoms with E-state index in [1.165, 1.54) is 18.4 Å². The highest BCUT2D eigenvalue weighted by molar-refractivity contribution is 5.00. The average Bonchev–Trinajstić information content (AvgIpc) is 2.59. The van der Waals surface area contributed by atoms with Crippen molar-refractivity contribution in [2.75, 3.05) is 6.54 Å². The molecule has 0 aliphatic heterocycles. The van der Waals surface area contributed by atoms with Crippen molar-refractivity contribution in [1.29, 1.82) is 0 Å². The van der Waals surface area contributed by atoms with Crippen LogP contribution in [0.4, 0.5) is 0 Å². The van der Waals surface area contributed by atoms with E-state index in [1.807, 2.05) is 6.20 Å². The lowest BCUT2D eigenvalue weighted by atomic mass is 10.2. The fourth-order valence-electron chi connectivity index (χ4n) is 1.59. The number of hydrogen-bond acceptors (Lipinski definition) is 2. The van der Waals surface area contributed by atoms with E-state index in [0.717, 1.165) is 6.54 Å². The zero-order valence-electron chi connectivity index (χ0n) is 10.3. The lowest BCUT2D eigenvalue weighted by Gasteiger charge is -2.13. The van der Waals surface area contributed by atoms with E-state index in [-0.39, 0.29) is 0 Å². The summed E-state index contributed by atoms with van der Waals surface area (Å²) in [6.45, 7) is 9.77. The maximum Gasteiger partial charge on any atom is 0.0519 e. The Morgan fingerprint density at radius 3 is 2.67 bits per heavy atom. The molecule has 1 heterocycles. The zero-order chi connectivity index (χ0) is 11.3. The van der Waals surface area contributed by atoms with Gasteiger partial charge in [0, 0.05) is 18.3 Å². The summed E-state index contributed by atoms with van der Waals surface area (Å²) in [6, 6.07) is 1.10. The van der Waals surface area contributed by atoms with Crippen LogP contribution in [0.3, 0.4) is 0 Å². The van der Waals surface area contributed by atoms with Gasteiger partial charge in [0.1, 0.15) is 0 Å². The summed E-state index contributed by atoms with van der Waals surface area (Å²) in [5.74, 6) is 0. The van der Waals surface area contributed by atoms with E-state index in [0.29, 0.717) is 12.1 Å². The minimum Gasteiger partial charge on any atom is -0.315 e. The molecule has 3 heteroatoms. The standard InChI is InChI=1S/C12H23N3/c1-10(2)13-7-5-6-12(4)15-9-11(3)8-14-15/h8-10,12-13H,5-7H2,1-4H3. The fraction of sp³-hybridized carbons (Fsp3) is 0.750. The molecule has 0 aliphatic carbocycles.